The lowest BCUT2D eigenvalue weighted by Crippen LogP contribution is -1.99. The first kappa shape index (κ1) is 4.46. The highest BCUT2D eigenvalue weighted by atomic mass is 17.2. The van der Waals surface area contributed by atoms with Gasteiger partial charge in [-0.1, -0.05) is 6.58 Å². The zero-order valence-corrected chi connectivity index (χ0v) is 2.64. The summed E-state index contributed by atoms with van der Waals surface area (Å²) in [7, 11) is 0. The first-order chi connectivity index (χ1) is 2.41. The van der Waals surface area contributed by atoms with E-state index in [1.807, 2.05) is 5.48 Å². The lowest BCUT2D eigenvalue weighted by Gasteiger charge is -1.82. The molecule has 0 aliphatic carbocycles. The van der Waals surface area contributed by atoms with Crippen LogP contribution in [0.1, 0.15) is 0 Å². The minimum Gasteiger partial charge on any atom is -0.243 e. The molecule has 0 heterocycles. The van der Waals surface area contributed by atoms with Gasteiger partial charge in [0.05, 0.1) is 0 Å². The molecule has 0 aromatic heterocycles. The van der Waals surface area contributed by atoms with Crippen LogP contribution in [-0.2, 0) is 4.99 Å². The molecule has 3 nitrogen and oxygen atoms in total. The maximum absolute atomic E-state index is 7.38. The molecular formula is C2H5NO2. The Bertz CT molecular complexity index is 28.8. The lowest BCUT2D eigenvalue weighted by molar-refractivity contribution is -0.279. The van der Waals surface area contributed by atoms with Crippen LogP contribution in [0.25, 0.3) is 0 Å². The third-order valence-corrected chi connectivity index (χ3v) is 0.136. The van der Waals surface area contributed by atoms with Crippen molar-refractivity contribution in [3.63, 3.8) is 0 Å². The Morgan fingerprint density at radius 1 is 2.00 bits per heavy atom. The number of hydrogen-bond donors (Lipinski definition) is 2. The van der Waals surface area contributed by atoms with Crippen molar-refractivity contribution < 1.29 is 10.2 Å². The van der Waals surface area contributed by atoms with Gasteiger partial charge in [0.2, 0.25) is 0 Å². The quantitative estimate of drug-likeness (QED) is 0.362. The number of hydrogen-bond acceptors (Lipinski definition) is 3. The van der Waals surface area contributed by atoms with Crippen LogP contribution in [0.15, 0.2) is 12.8 Å². The van der Waals surface area contributed by atoms with Crippen molar-refractivity contribution in [3.05, 3.63) is 12.8 Å². The Morgan fingerprint density at radius 2 is 2.60 bits per heavy atom. The highest BCUT2D eigenvalue weighted by Crippen LogP contribution is 1.45. The molecule has 3 heteroatoms. The molecule has 0 aliphatic rings. The number of rotatable bonds is 2. The molecule has 5 heavy (non-hydrogen) atoms. The van der Waals surface area contributed by atoms with Crippen molar-refractivity contribution in [2.24, 2.45) is 0 Å². The number of nitrogens with one attached hydrogen (secondary N) is 1. The van der Waals surface area contributed by atoms with Gasteiger partial charge in [0, 0.05) is 6.20 Å². The highest BCUT2D eigenvalue weighted by molar-refractivity contribution is 4.51. The van der Waals surface area contributed by atoms with E-state index in [-0.39, 0.29) is 0 Å². The summed E-state index contributed by atoms with van der Waals surface area (Å²) < 4.78 is 0. The molecule has 2 N–H and O–H groups in total. The molecule has 0 radical (unpaired) electrons. The molecule has 0 unspecified atom stereocenters. The van der Waals surface area contributed by atoms with Crippen molar-refractivity contribution in [2.75, 3.05) is 0 Å². The van der Waals surface area contributed by atoms with E-state index < -0.39 is 0 Å². The Morgan fingerprint density at radius 3 is 2.60 bits per heavy atom. The average Bonchev–Trinajstić information content (AvgIpc) is 1.41. The Hall–Kier alpha value is -0.540. The first-order valence-electron chi connectivity index (χ1n) is 1.08. The van der Waals surface area contributed by atoms with Crippen LogP contribution in [0.5, 0.6) is 0 Å². The van der Waals surface area contributed by atoms with Crippen LogP contribution >= 0.6 is 0 Å². The molecule has 0 aromatic rings. The molecule has 0 bridgehead atoms. The summed E-state index contributed by atoms with van der Waals surface area (Å²) in [6.45, 7) is 3.15. The van der Waals surface area contributed by atoms with Gasteiger partial charge >= 0.3 is 0 Å². The summed E-state index contributed by atoms with van der Waals surface area (Å²) in [6.07, 6.45) is 1.21. The fraction of sp³-hybridized carbons (Fsp3) is 0. The molecule has 0 fully saturated rings. The molecule has 0 aromatic carbocycles. The summed E-state index contributed by atoms with van der Waals surface area (Å²) >= 11 is 0. The molecule has 0 rings (SSSR count). The van der Waals surface area contributed by atoms with E-state index >= 15 is 0 Å². The van der Waals surface area contributed by atoms with E-state index in [1.54, 1.807) is 0 Å². The fourth-order valence-corrected chi connectivity index (χ4v) is 0.0373. The van der Waals surface area contributed by atoms with E-state index in [9.17, 15) is 0 Å². The van der Waals surface area contributed by atoms with Crippen LogP contribution in [0.2, 0.25) is 0 Å². The summed E-state index contributed by atoms with van der Waals surface area (Å²) in [5.41, 5.74) is 1.93. The van der Waals surface area contributed by atoms with E-state index in [0.717, 1.165) is 0 Å². The Kier molecular flexibility index (Phi) is 3.09. The molecule has 0 spiro atoms. The zero-order valence-electron chi connectivity index (χ0n) is 2.64. The second-order valence-electron chi connectivity index (χ2n) is 0.413. The second-order valence-corrected chi connectivity index (χ2v) is 0.413. The smallest absolute Gasteiger partial charge is 0.0201 e. The van der Waals surface area contributed by atoms with Crippen LogP contribution in [0.4, 0.5) is 0 Å². The van der Waals surface area contributed by atoms with Gasteiger partial charge in [0.1, 0.15) is 0 Å². The summed E-state index contributed by atoms with van der Waals surface area (Å²) in [5, 5.41) is 7.38. The summed E-state index contributed by atoms with van der Waals surface area (Å²) in [4.78, 5) is 3.32. The zero-order chi connectivity index (χ0) is 4.12. The van der Waals surface area contributed by atoms with Gasteiger partial charge in [0.15, 0.2) is 0 Å². The van der Waals surface area contributed by atoms with Crippen LogP contribution in [0, 0.1) is 0 Å². The second kappa shape index (κ2) is 3.46. The SMILES string of the molecule is C=CNOO. The number of hydroxylamine groups is 1. The summed E-state index contributed by atoms with van der Waals surface area (Å²) in [5.74, 6) is 0. The minimum absolute atomic E-state index is 1.21. The largest absolute Gasteiger partial charge is 0.243 e. The fourth-order valence-electron chi connectivity index (χ4n) is 0.0373. The van der Waals surface area contributed by atoms with Crippen molar-refractivity contribution in [1.82, 2.24) is 5.48 Å². The maximum Gasteiger partial charge on any atom is 0.0201 e. The van der Waals surface area contributed by atoms with Crippen LogP contribution < -0.4 is 5.48 Å². The lowest BCUT2D eigenvalue weighted by atomic mass is 11.1. The molecule has 0 atom stereocenters. The monoisotopic (exact) mass is 75.0 g/mol. The molecule has 0 saturated carbocycles. The van der Waals surface area contributed by atoms with E-state index in [4.69, 9.17) is 5.26 Å². The maximum atomic E-state index is 7.38. The van der Waals surface area contributed by atoms with Crippen molar-refractivity contribution in [2.45, 2.75) is 0 Å². The van der Waals surface area contributed by atoms with E-state index in [0.29, 0.717) is 0 Å². The van der Waals surface area contributed by atoms with Crippen LogP contribution in [-0.4, -0.2) is 5.26 Å². The predicted octanol–water partition coefficient (Wildman–Crippen LogP) is 0.124. The van der Waals surface area contributed by atoms with E-state index in [1.165, 1.54) is 6.20 Å². The minimum atomic E-state index is 1.21. The Labute approximate surface area is 29.8 Å². The normalized spacial score (nSPS) is 6.60. The van der Waals surface area contributed by atoms with Gasteiger partial charge in [-0.3, -0.25) is 0 Å². The van der Waals surface area contributed by atoms with Crippen LogP contribution in [0.3, 0.4) is 0 Å². The molecule has 0 saturated heterocycles. The van der Waals surface area contributed by atoms with Crippen molar-refractivity contribution in [1.29, 1.82) is 0 Å². The van der Waals surface area contributed by atoms with Gasteiger partial charge in [-0.05, 0) is 0 Å². The van der Waals surface area contributed by atoms with Crippen molar-refractivity contribution in [3.8, 4) is 0 Å². The van der Waals surface area contributed by atoms with Gasteiger partial charge in [0.25, 0.3) is 0 Å². The highest BCUT2D eigenvalue weighted by Gasteiger charge is 1.53. The van der Waals surface area contributed by atoms with Gasteiger partial charge in [-0.2, -0.15) is 0 Å². The van der Waals surface area contributed by atoms with Gasteiger partial charge in [-0.15, -0.1) is 4.99 Å². The summed E-state index contributed by atoms with van der Waals surface area (Å²) in [6, 6.07) is 0. The van der Waals surface area contributed by atoms with Gasteiger partial charge < -0.3 is 0 Å². The molecule has 30 valence electrons. The third-order valence-electron chi connectivity index (χ3n) is 0.136. The third kappa shape index (κ3) is 3.46. The van der Waals surface area contributed by atoms with Crippen molar-refractivity contribution >= 4 is 0 Å². The molecule has 0 aliphatic heterocycles. The Balaban J connectivity index is 2.40. The van der Waals surface area contributed by atoms with E-state index in [2.05, 4.69) is 11.6 Å². The topological polar surface area (TPSA) is 41.5 Å². The average molecular weight is 75.1 g/mol. The standard InChI is InChI=1S/C2H5NO2/c1-2-3-5-4/h2-4H,1H2. The van der Waals surface area contributed by atoms with Gasteiger partial charge in [-0.25, -0.2) is 10.7 Å². The molecular weight excluding hydrogens is 70.0 g/mol. The molecule has 0 amide bonds. The first-order valence-corrected chi connectivity index (χ1v) is 1.08. The predicted molar refractivity (Wildman–Crippen MR) is 17.0 cm³/mol.